The minimum Gasteiger partial charge on any atom is -0.497 e. The van der Waals surface area contributed by atoms with Gasteiger partial charge in [0.2, 0.25) is 10.0 Å². The number of amides is 1. The minimum absolute atomic E-state index is 0.0112. The average Bonchev–Trinajstić information content (AvgIpc) is 3.14. The van der Waals surface area contributed by atoms with Crippen molar-refractivity contribution in [1.82, 2.24) is 4.72 Å². The Hall–Kier alpha value is -3.16. The van der Waals surface area contributed by atoms with Crippen molar-refractivity contribution in [3.8, 4) is 5.75 Å². The zero-order valence-corrected chi connectivity index (χ0v) is 20.1. The summed E-state index contributed by atoms with van der Waals surface area (Å²) in [7, 11) is -2.06. The highest BCUT2D eigenvalue weighted by Crippen LogP contribution is 2.34. The second-order valence-electron chi connectivity index (χ2n) is 8.49. The Kier molecular flexibility index (Phi) is 6.28. The lowest BCUT2D eigenvalue weighted by Gasteiger charge is -2.23. The summed E-state index contributed by atoms with van der Waals surface area (Å²) >= 11 is 0. The van der Waals surface area contributed by atoms with Crippen LogP contribution in [0.2, 0.25) is 0 Å². The van der Waals surface area contributed by atoms with Crippen LogP contribution in [-0.2, 0) is 23.0 Å². The summed E-state index contributed by atoms with van der Waals surface area (Å²) in [5.41, 5.74) is 5.25. The molecule has 1 amide bonds. The Bertz CT molecular complexity index is 1300. The molecule has 1 aliphatic heterocycles. The Morgan fingerprint density at radius 3 is 2.42 bits per heavy atom. The Labute approximate surface area is 195 Å². The molecular formula is C26H28N2O4S. The van der Waals surface area contributed by atoms with E-state index in [0.717, 1.165) is 34.4 Å². The smallest absolute Gasteiger partial charge is 0.258 e. The van der Waals surface area contributed by atoms with E-state index < -0.39 is 10.0 Å². The summed E-state index contributed by atoms with van der Waals surface area (Å²) in [5.74, 6) is 0.608. The maximum atomic E-state index is 13.3. The third-order valence-corrected chi connectivity index (χ3v) is 7.58. The van der Waals surface area contributed by atoms with Crippen LogP contribution >= 0.6 is 0 Å². The van der Waals surface area contributed by atoms with Gasteiger partial charge in [-0.1, -0.05) is 18.2 Å². The number of aryl methyl sites for hydroxylation is 2. The van der Waals surface area contributed by atoms with Gasteiger partial charge in [-0.25, -0.2) is 13.1 Å². The third kappa shape index (κ3) is 4.65. The number of rotatable bonds is 6. The number of nitrogens with one attached hydrogen (secondary N) is 1. The van der Waals surface area contributed by atoms with Crippen molar-refractivity contribution in [2.24, 2.45) is 0 Å². The van der Waals surface area contributed by atoms with Crippen LogP contribution in [0.3, 0.4) is 0 Å². The molecule has 33 heavy (non-hydrogen) atoms. The van der Waals surface area contributed by atoms with E-state index in [0.29, 0.717) is 11.3 Å². The Morgan fingerprint density at radius 1 is 1.03 bits per heavy atom. The van der Waals surface area contributed by atoms with E-state index in [1.165, 1.54) is 0 Å². The third-order valence-electron chi connectivity index (χ3n) is 6.18. The van der Waals surface area contributed by atoms with Gasteiger partial charge in [0.1, 0.15) is 5.75 Å². The normalized spacial score (nSPS) is 15.4. The van der Waals surface area contributed by atoms with Crippen LogP contribution in [0.25, 0.3) is 0 Å². The van der Waals surface area contributed by atoms with E-state index in [2.05, 4.69) is 4.72 Å². The van der Waals surface area contributed by atoms with Gasteiger partial charge in [0.15, 0.2) is 0 Å². The molecule has 1 unspecified atom stereocenters. The number of carbonyl (C=O) groups is 1. The molecule has 7 heteroatoms. The summed E-state index contributed by atoms with van der Waals surface area (Å²) in [6, 6.07) is 18.0. The molecule has 0 radical (unpaired) electrons. The molecule has 0 aromatic heterocycles. The van der Waals surface area contributed by atoms with Crippen LogP contribution in [0.4, 0.5) is 5.69 Å². The maximum absolute atomic E-state index is 13.3. The molecule has 3 aromatic rings. The predicted octanol–water partition coefficient (Wildman–Crippen LogP) is 4.38. The molecule has 1 aliphatic rings. The van der Waals surface area contributed by atoms with Crippen LogP contribution in [0.15, 0.2) is 65.6 Å². The van der Waals surface area contributed by atoms with E-state index in [1.807, 2.05) is 45.0 Å². The lowest BCUT2D eigenvalue weighted by atomic mass is 10.1. The van der Waals surface area contributed by atoms with Gasteiger partial charge in [-0.05, 0) is 91.9 Å². The van der Waals surface area contributed by atoms with Gasteiger partial charge in [0, 0.05) is 23.8 Å². The van der Waals surface area contributed by atoms with Crippen molar-refractivity contribution in [2.75, 3.05) is 12.0 Å². The van der Waals surface area contributed by atoms with Gasteiger partial charge in [-0.15, -0.1) is 0 Å². The number of hydrogen-bond donors (Lipinski definition) is 1. The van der Waals surface area contributed by atoms with Crippen LogP contribution in [-0.4, -0.2) is 27.5 Å². The zero-order valence-electron chi connectivity index (χ0n) is 19.3. The second-order valence-corrected chi connectivity index (χ2v) is 10.3. The Morgan fingerprint density at radius 2 is 1.76 bits per heavy atom. The SMILES string of the molecule is COc1ccc(C(=O)N2c3cc(CNS(=O)(=O)c4ccc(C)c(C)c4)ccc3CC2C)cc1. The number of fused-ring (bicyclic) bond motifs is 1. The van der Waals surface area contributed by atoms with Crippen molar-refractivity contribution >= 4 is 21.6 Å². The fourth-order valence-corrected chi connectivity index (χ4v) is 5.19. The van der Waals surface area contributed by atoms with E-state index in [1.54, 1.807) is 48.4 Å². The van der Waals surface area contributed by atoms with Crippen molar-refractivity contribution in [1.29, 1.82) is 0 Å². The first-order valence-corrected chi connectivity index (χ1v) is 12.3. The number of hydrogen-bond acceptors (Lipinski definition) is 4. The number of carbonyl (C=O) groups excluding carboxylic acids is 1. The largest absolute Gasteiger partial charge is 0.497 e. The predicted molar refractivity (Wildman–Crippen MR) is 129 cm³/mol. The molecule has 1 heterocycles. The van der Waals surface area contributed by atoms with Crippen LogP contribution in [0.1, 0.15) is 39.5 Å². The summed E-state index contributed by atoms with van der Waals surface area (Å²) in [6.45, 7) is 6.00. The first-order chi connectivity index (χ1) is 15.7. The lowest BCUT2D eigenvalue weighted by molar-refractivity contribution is 0.0981. The quantitative estimate of drug-likeness (QED) is 0.587. The standard InChI is InChI=1S/C26H28N2O4S/c1-17-5-12-24(13-18(17)2)33(30,31)27-16-20-6-7-22-14-19(3)28(25(22)15-20)26(29)21-8-10-23(32-4)11-9-21/h5-13,15,19,27H,14,16H2,1-4H3. The molecular weight excluding hydrogens is 436 g/mol. The molecule has 0 fully saturated rings. The summed E-state index contributed by atoms with van der Waals surface area (Å²) in [4.78, 5) is 15.3. The van der Waals surface area contributed by atoms with Gasteiger partial charge in [-0.3, -0.25) is 4.79 Å². The van der Waals surface area contributed by atoms with E-state index in [4.69, 9.17) is 4.74 Å². The van der Waals surface area contributed by atoms with Crippen LogP contribution in [0.5, 0.6) is 5.75 Å². The van der Waals surface area contributed by atoms with Crippen molar-refractivity contribution in [3.05, 3.63) is 88.5 Å². The van der Waals surface area contributed by atoms with Crippen LogP contribution in [0, 0.1) is 13.8 Å². The molecule has 0 saturated carbocycles. The van der Waals surface area contributed by atoms with Crippen LogP contribution < -0.4 is 14.4 Å². The van der Waals surface area contributed by atoms with E-state index in [-0.39, 0.29) is 23.4 Å². The van der Waals surface area contributed by atoms with Crippen molar-refractivity contribution in [3.63, 3.8) is 0 Å². The highest BCUT2D eigenvalue weighted by Gasteiger charge is 2.31. The number of sulfonamides is 1. The summed E-state index contributed by atoms with van der Waals surface area (Å²) < 4.78 is 33.4. The molecule has 0 aliphatic carbocycles. The minimum atomic E-state index is -3.64. The molecule has 0 bridgehead atoms. The van der Waals surface area contributed by atoms with Gasteiger partial charge >= 0.3 is 0 Å². The second kappa shape index (κ2) is 9.00. The monoisotopic (exact) mass is 464 g/mol. The Balaban J connectivity index is 1.55. The number of anilines is 1. The molecule has 0 saturated heterocycles. The summed E-state index contributed by atoms with van der Waals surface area (Å²) in [6.07, 6.45) is 0.756. The summed E-state index contributed by atoms with van der Waals surface area (Å²) in [5, 5.41) is 0. The molecule has 4 rings (SSSR count). The maximum Gasteiger partial charge on any atom is 0.258 e. The number of benzene rings is 3. The van der Waals surface area contributed by atoms with Crippen molar-refractivity contribution in [2.45, 2.75) is 44.7 Å². The average molecular weight is 465 g/mol. The molecule has 172 valence electrons. The van der Waals surface area contributed by atoms with Gasteiger partial charge in [-0.2, -0.15) is 0 Å². The molecule has 1 atom stereocenters. The van der Waals surface area contributed by atoms with Gasteiger partial charge in [0.25, 0.3) is 5.91 Å². The van der Waals surface area contributed by atoms with E-state index >= 15 is 0 Å². The zero-order chi connectivity index (χ0) is 23.8. The lowest BCUT2D eigenvalue weighted by Crippen LogP contribution is -2.35. The molecule has 0 spiro atoms. The van der Waals surface area contributed by atoms with Crippen molar-refractivity contribution < 1.29 is 17.9 Å². The highest BCUT2D eigenvalue weighted by atomic mass is 32.2. The fraction of sp³-hybridized carbons (Fsp3) is 0.269. The molecule has 6 nitrogen and oxygen atoms in total. The highest BCUT2D eigenvalue weighted by molar-refractivity contribution is 7.89. The number of ether oxygens (including phenoxy) is 1. The first-order valence-electron chi connectivity index (χ1n) is 10.9. The first kappa shape index (κ1) is 23.0. The molecule has 1 N–H and O–H groups in total. The topological polar surface area (TPSA) is 75.7 Å². The van der Waals surface area contributed by atoms with Gasteiger partial charge in [0.05, 0.1) is 12.0 Å². The van der Waals surface area contributed by atoms with E-state index in [9.17, 15) is 13.2 Å². The molecule has 3 aromatic carbocycles. The number of nitrogens with zero attached hydrogens (tertiary/aromatic N) is 1. The fourth-order valence-electron chi connectivity index (χ4n) is 4.09. The number of methoxy groups -OCH3 is 1. The van der Waals surface area contributed by atoms with Gasteiger partial charge < -0.3 is 9.64 Å².